The number of nitrogens with zero attached hydrogens (tertiary/aromatic N) is 4. The molecule has 0 aromatic carbocycles. The Morgan fingerprint density at radius 1 is 1.01 bits per heavy atom. The molecule has 2 aromatic rings. The van der Waals surface area contributed by atoms with E-state index in [4.69, 9.17) is 10.5 Å². The number of aliphatic hydroxyl groups excluding tert-OH is 2. The number of hydrogen-bond acceptors (Lipinski definition) is 23. The maximum Gasteiger partial charge on any atom is 0.274 e. The molecule has 14 atom stereocenters. The van der Waals surface area contributed by atoms with Gasteiger partial charge in [-0.3, -0.25) is 32.9 Å². The van der Waals surface area contributed by atoms with Crippen LogP contribution in [-0.4, -0.2) is 109 Å². The number of nitrogens with two attached hydrogens (primary N) is 1. The van der Waals surface area contributed by atoms with E-state index in [9.17, 15) is 62.7 Å². The topological polar surface area (TPSA) is 392 Å². The summed E-state index contributed by atoms with van der Waals surface area (Å²) >= 11 is 1.09. The number of ether oxygens (including phenoxy) is 1. The van der Waals surface area contributed by atoms with Gasteiger partial charge in [-0.2, -0.15) is 0 Å². The van der Waals surface area contributed by atoms with Gasteiger partial charge in [-0.25, -0.2) is 19.3 Å². The van der Waals surface area contributed by atoms with Crippen molar-refractivity contribution >= 4 is 74.9 Å². The zero-order valence-electron chi connectivity index (χ0n) is 43.9. The van der Waals surface area contributed by atoms with Crippen molar-refractivity contribution in [2.24, 2.45) is 45.8 Å². The number of allylic oxidation sites excluding steroid dienone is 2. The van der Waals surface area contributed by atoms with Crippen molar-refractivity contribution < 1.29 is 85.3 Å². The van der Waals surface area contributed by atoms with Crippen LogP contribution < -0.4 is 35.9 Å². The lowest BCUT2D eigenvalue weighted by atomic mass is 9.46. The number of phosphoric ester groups is 3. The minimum atomic E-state index is -5.94. The smallest absolute Gasteiger partial charge is 0.274 e. The second-order valence-electron chi connectivity index (χ2n) is 22.3. The van der Waals surface area contributed by atoms with Crippen LogP contribution in [-0.2, 0) is 55.5 Å². The maximum absolute atomic E-state index is 13.0. The number of amides is 2. The SMILES string of the molecule is C/C(=C\CC[C@@H](C)[C@H]1CC[C@H]2[C@@H]3CCC4=CC(=O)CC[C@]4(C)[C@H]3CC[C@]12C)C(=O)SCCNC(=O)CCNC(=O)[C@H](O)C(C)(C)COP(=O)([O-])OP(=O)([O-])OC[C@H]1O[C@@H](n2cnc3c(N)ncnc32)[C@H](O)[C@@H]1OP(=O)([O-])[O-]. The molecule has 4 fully saturated rings. The molecule has 1 aliphatic heterocycles. The molecule has 1 saturated heterocycles. The standard InChI is InChI=1S/C48H74N7O18P3S/c1-27(32-12-13-33-31-11-10-29-22-30(56)14-17-47(29,5)34(31)15-18-48(32,33)6)8-7-9-28(2)45(61)77-21-20-50-36(57)16-19-51-43(60)40(59)46(3,4)24-70-76(67,68)73-75(65,66)69-23-35-39(72-74(62,63)64)38(58)44(71-35)55-26-54-37-41(49)52-25-53-42(37)55/h9,22,25-27,31-35,38-40,44,58-59H,7-8,10-21,23-24H2,1-6H3,(H,50,57)(H,51,60)(H,65,66)(H,67,68)(H2,49,52,53)(H2,62,63,64)/p-4/b28-9+/t27-,31+,32-,33+,34+,35-,38-,39-,40+,44-,47+,48-/m1/s1. The van der Waals surface area contributed by atoms with E-state index in [1.807, 2.05) is 12.2 Å². The van der Waals surface area contributed by atoms with Gasteiger partial charge < -0.3 is 69.0 Å². The minimum absolute atomic E-state index is 0.0219. The Balaban J connectivity index is 0.773. The number of carbonyl (C=O) groups excluding carboxylic acids is 4. The fraction of sp³-hybridized carbons (Fsp3) is 0.729. The lowest BCUT2D eigenvalue weighted by Crippen LogP contribution is -2.50. The van der Waals surface area contributed by atoms with E-state index in [0.717, 1.165) is 60.6 Å². The molecule has 3 heterocycles. The average molecular weight is 1160 g/mol. The Bertz CT molecular complexity index is 2740. The largest absolute Gasteiger partial charge is 0.790 e. The highest BCUT2D eigenvalue weighted by molar-refractivity contribution is 8.14. The highest BCUT2D eigenvalue weighted by atomic mass is 32.2. The van der Waals surface area contributed by atoms with E-state index in [-0.39, 0.29) is 47.0 Å². The molecule has 0 spiro atoms. The first-order valence-corrected chi connectivity index (χ1v) is 31.2. The third-order valence-electron chi connectivity index (χ3n) is 16.8. The van der Waals surface area contributed by atoms with Crippen LogP contribution >= 0.6 is 35.2 Å². The van der Waals surface area contributed by atoms with Gasteiger partial charge in [-0.05, 0) is 117 Å². The zero-order chi connectivity index (χ0) is 56.5. The number of hydrogen-bond donors (Lipinski definition) is 5. The van der Waals surface area contributed by atoms with Crippen LogP contribution in [0.25, 0.3) is 11.2 Å². The molecule has 25 nitrogen and oxygen atoms in total. The van der Waals surface area contributed by atoms with Crippen molar-refractivity contribution in [3.63, 3.8) is 0 Å². The van der Waals surface area contributed by atoms with E-state index >= 15 is 0 Å². The van der Waals surface area contributed by atoms with Crippen molar-refractivity contribution in [3.05, 3.63) is 36.0 Å². The van der Waals surface area contributed by atoms with Gasteiger partial charge in [0.15, 0.2) is 23.5 Å². The van der Waals surface area contributed by atoms with Crippen molar-refractivity contribution in [2.45, 2.75) is 143 Å². The second kappa shape index (κ2) is 24.4. The van der Waals surface area contributed by atoms with Crippen LogP contribution in [0, 0.1) is 45.8 Å². The summed E-state index contributed by atoms with van der Waals surface area (Å²) in [5.41, 5.74) is 6.62. The van der Waals surface area contributed by atoms with E-state index in [1.165, 1.54) is 51.5 Å². The van der Waals surface area contributed by atoms with Crippen LogP contribution in [0.15, 0.2) is 36.0 Å². The maximum atomic E-state index is 13.0. The molecule has 3 saturated carbocycles. The van der Waals surface area contributed by atoms with Crippen LogP contribution in [0.4, 0.5) is 5.82 Å². The first-order chi connectivity index (χ1) is 35.9. The summed E-state index contributed by atoms with van der Waals surface area (Å²) in [5.74, 6) is 2.31. The molecule has 77 heavy (non-hydrogen) atoms. The molecule has 0 radical (unpaired) electrons. The van der Waals surface area contributed by atoms with Crippen LogP contribution in [0.2, 0.25) is 0 Å². The Morgan fingerprint density at radius 3 is 2.47 bits per heavy atom. The number of phosphoric acid groups is 3. The van der Waals surface area contributed by atoms with Crippen LogP contribution in [0.3, 0.4) is 0 Å². The number of thioether (sulfide) groups is 1. The van der Waals surface area contributed by atoms with Gasteiger partial charge in [0.25, 0.3) is 15.6 Å². The summed E-state index contributed by atoms with van der Waals surface area (Å²) in [4.78, 5) is 111. The highest BCUT2D eigenvalue weighted by Gasteiger charge is 2.59. The first-order valence-electron chi connectivity index (χ1n) is 25.8. The van der Waals surface area contributed by atoms with Crippen molar-refractivity contribution in [3.8, 4) is 0 Å². The summed E-state index contributed by atoms with van der Waals surface area (Å²) in [6.45, 7) is 9.22. The van der Waals surface area contributed by atoms with E-state index in [2.05, 4.69) is 64.2 Å². The number of rotatable bonds is 24. The zero-order valence-corrected chi connectivity index (χ0v) is 47.4. The molecule has 29 heteroatoms. The summed E-state index contributed by atoms with van der Waals surface area (Å²) in [6.07, 6.45) is 7.02. The van der Waals surface area contributed by atoms with E-state index in [1.54, 1.807) is 6.92 Å². The summed E-state index contributed by atoms with van der Waals surface area (Å²) in [5, 5.41) is 26.6. The van der Waals surface area contributed by atoms with Gasteiger partial charge in [0.05, 0.1) is 27.4 Å². The fourth-order valence-corrected chi connectivity index (χ4v) is 16.2. The quantitative estimate of drug-likeness (QED) is 0.0573. The number of anilines is 1. The number of aromatic nitrogens is 4. The first kappa shape index (κ1) is 61.3. The molecule has 4 aliphatic carbocycles. The lowest BCUT2D eigenvalue weighted by Gasteiger charge is -2.58. The fourth-order valence-electron chi connectivity index (χ4n) is 12.7. The molecular formula is C48H70N7O18P3S-4. The molecule has 2 aromatic heterocycles. The van der Waals surface area contributed by atoms with Gasteiger partial charge in [0, 0.05) is 37.1 Å². The Morgan fingerprint density at radius 2 is 1.74 bits per heavy atom. The number of nitrogens with one attached hydrogen (secondary N) is 2. The molecule has 2 amide bonds. The monoisotopic (exact) mass is 1160 g/mol. The number of ketones is 1. The molecule has 0 bridgehead atoms. The number of nitrogen functional groups attached to an aromatic ring is 1. The van der Waals surface area contributed by atoms with Gasteiger partial charge >= 0.3 is 0 Å². The third kappa shape index (κ3) is 14.4. The Kier molecular flexibility index (Phi) is 19.5. The number of aliphatic hydroxyl groups is 2. The highest BCUT2D eigenvalue weighted by Crippen LogP contribution is 2.68. The molecule has 7 rings (SSSR count). The minimum Gasteiger partial charge on any atom is -0.790 e. The predicted molar refractivity (Wildman–Crippen MR) is 271 cm³/mol. The van der Waals surface area contributed by atoms with Crippen molar-refractivity contribution in [1.82, 2.24) is 30.2 Å². The lowest BCUT2D eigenvalue weighted by molar-refractivity contribution is -0.347. The van der Waals surface area contributed by atoms with Crippen LogP contribution in [0.5, 0.6) is 0 Å². The summed E-state index contributed by atoms with van der Waals surface area (Å²) in [6, 6.07) is 0. The van der Waals surface area contributed by atoms with Gasteiger partial charge in [-0.1, -0.05) is 58.0 Å². The van der Waals surface area contributed by atoms with Crippen molar-refractivity contribution in [2.75, 3.05) is 37.8 Å². The molecule has 6 N–H and O–H groups in total. The van der Waals surface area contributed by atoms with E-state index in [0.29, 0.717) is 52.6 Å². The van der Waals surface area contributed by atoms with Crippen molar-refractivity contribution in [1.29, 1.82) is 0 Å². The summed E-state index contributed by atoms with van der Waals surface area (Å²) < 4.78 is 61.2. The average Bonchev–Trinajstić information content (AvgIpc) is 4.21. The number of carbonyl (C=O) groups is 4. The Hall–Kier alpha value is -3.29. The van der Waals surface area contributed by atoms with E-state index < -0.39 is 84.6 Å². The normalized spacial score (nSPS) is 31.0. The predicted octanol–water partition coefficient (Wildman–Crippen LogP) is 2.65. The van der Waals surface area contributed by atoms with Gasteiger partial charge in [0.1, 0.15) is 36.3 Å². The third-order valence-corrected chi connectivity index (χ3v) is 20.8. The molecular weight excluding hydrogens is 1090 g/mol. The van der Waals surface area contributed by atoms with Gasteiger partial charge in [-0.15, -0.1) is 0 Å². The molecule has 430 valence electrons. The number of fused-ring (bicyclic) bond motifs is 6. The second-order valence-corrected chi connectivity index (χ2v) is 27.4. The number of imidazole rings is 1. The van der Waals surface area contributed by atoms with Crippen LogP contribution in [0.1, 0.15) is 118 Å². The summed E-state index contributed by atoms with van der Waals surface area (Å²) in [7, 11) is -17.7. The molecule has 5 aliphatic rings. The molecule has 2 unspecified atom stereocenters. The van der Waals surface area contributed by atoms with Gasteiger partial charge in [0.2, 0.25) is 16.9 Å². The Labute approximate surface area is 451 Å².